The lowest BCUT2D eigenvalue weighted by atomic mass is 9.57. The second-order valence-corrected chi connectivity index (χ2v) is 5.19. The molecule has 0 radical (unpaired) electrons. The molecule has 0 atom stereocenters. The first kappa shape index (κ1) is 12.4. The van der Waals surface area contributed by atoms with Gasteiger partial charge >= 0.3 is 0 Å². The Labute approximate surface area is 104 Å². The number of likely N-dealkylation sites (N-methyl/N-ethyl adjacent to an activating group) is 1. The molecule has 2 rings (SSSR count). The molecule has 1 aliphatic rings. The van der Waals surface area contributed by atoms with Crippen molar-refractivity contribution in [3.63, 3.8) is 0 Å². The topological polar surface area (TPSA) is 21.3 Å². The van der Waals surface area contributed by atoms with Crippen LogP contribution in [0.15, 0.2) is 24.3 Å². The molecule has 1 saturated carbocycles. The van der Waals surface area contributed by atoms with Gasteiger partial charge in [0.15, 0.2) is 0 Å². The highest BCUT2D eigenvalue weighted by atomic mass is 16.5. The molecule has 1 aromatic rings. The van der Waals surface area contributed by atoms with Crippen LogP contribution in [0.25, 0.3) is 0 Å². The van der Waals surface area contributed by atoms with Gasteiger partial charge in [-0.1, -0.05) is 31.5 Å². The summed E-state index contributed by atoms with van der Waals surface area (Å²) >= 11 is 0. The maximum atomic E-state index is 5.51. The Bertz CT molecular complexity index is 369. The zero-order valence-electron chi connectivity index (χ0n) is 11.1. The molecule has 0 aliphatic heterocycles. The lowest BCUT2D eigenvalue weighted by molar-refractivity contribution is 0.133. The highest BCUT2D eigenvalue weighted by molar-refractivity contribution is 5.42. The summed E-state index contributed by atoms with van der Waals surface area (Å²) in [5.74, 6) is 1.92. The summed E-state index contributed by atoms with van der Waals surface area (Å²) in [6.45, 7) is 3.33. The highest BCUT2D eigenvalue weighted by Crippen LogP contribution is 2.51. The number of para-hydroxylation sites is 1. The van der Waals surface area contributed by atoms with Crippen molar-refractivity contribution in [2.45, 2.75) is 31.6 Å². The summed E-state index contributed by atoms with van der Waals surface area (Å²) in [6, 6.07) is 8.47. The predicted molar refractivity (Wildman–Crippen MR) is 71.6 cm³/mol. The van der Waals surface area contributed by atoms with E-state index in [1.165, 1.54) is 24.8 Å². The zero-order valence-corrected chi connectivity index (χ0v) is 11.1. The average Bonchev–Trinajstić information content (AvgIpc) is 2.33. The fourth-order valence-corrected chi connectivity index (χ4v) is 3.21. The second kappa shape index (κ2) is 5.09. The molecule has 0 aromatic heterocycles. The third-order valence-electron chi connectivity index (χ3n) is 4.13. The Morgan fingerprint density at radius 3 is 2.65 bits per heavy atom. The largest absolute Gasteiger partial charge is 0.496 e. The molecule has 0 saturated heterocycles. The Hall–Kier alpha value is -1.02. The van der Waals surface area contributed by atoms with Crippen LogP contribution in [0.1, 0.15) is 31.7 Å². The van der Waals surface area contributed by atoms with Gasteiger partial charge in [0, 0.05) is 17.5 Å². The molecule has 1 fully saturated rings. The lowest BCUT2D eigenvalue weighted by Crippen LogP contribution is -2.47. The molecule has 0 unspecified atom stereocenters. The van der Waals surface area contributed by atoms with Crippen molar-refractivity contribution >= 4 is 0 Å². The monoisotopic (exact) mass is 233 g/mol. The van der Waals surface area contributed by atoms with Crippen molar-refractivity contribution < 1.29 is 4.74 Å². The standard InChI is InChI=1S/C15H23NO/c1-4-12-9-15(10-12,11-16-2)13-7-5-6-8-14(13)17-3/h5-8,12,16H,4,9-11H2,1-3H3. The van der Waals surface area contributed by atoms with Crippen LogP contribution in [0.4, 0.5) is 0 Å². The molecule has 0 bridgehead atoms. The Morgan fingerprint density at radius 1 is 1.35 bits per heavy atom. The van der Waals surface area contributed by atoms with E-state index >= 15 is 0 Å². The predicted octanol–water partition coefficient (Wildman–Crippen LogP) is 2.97. The van der Waals surface area contributed by atoms with E-state index in [9.17, 15) is 0 Å². The summed E-state index contributed by atoms with van der Waals surface area (Å²) in [4.78, 5) is 0. The van der Waals surface area contributed by atoms with Gasteiger partial charge in [-0.05, 0) is 31.9 Å². The van der Waals surface area contributed by atoms with E-state index in [1.54, 1.807) is 7.11 Å². The van der Waals surface area contributed by atoms with Crippen LogP contribution >= 0.6 is 0 Å². The van der Waals surface area contributed by atoms with E-state index in [0.29, 0.717) is 5.41 Å². The molecule has 1 aromatic carbocycles. The molecular weight excluding hydrogens is 210 g/mol. The molecule has 0 heterocycles. The van der Waals surface area contributed by atoms with Crippen molar-refractivity contribution in [3.8, 4) is 5.75 Å². The van der Waals surface area contributed by atoms with Crippen LogP contribution in [-0.4, -0.2) is 20.7 Å². The van der Waals surface area contributed by atoms with Gasteiger partial charge in [-0.2, -0.15) is 0 Å². The fraction of sp³-hybridized carbons (Fsp3) is 0.600. The Morgan fingerprint density at radius 2 is 2.06 bits per heavy atom. The van der Waals surface area contributed by atoms with Crippen LogP contribution < -0.4 is 10.1 Å². The van der Waals surface area contributed by atoms with Crippen molar-refractivity contribution in [2.24, 2.45) is 5.92 Å². The van der Waals surface area contributed by atoms with Crippen molar-refractivity contribution in [2.75, 3.05) is 20.7 Å². The van der Waals surface area contributed by atoms with Gasteiger partial charge in [-0.25, -0.2) is 0 Å². The molecule has 1 aliphatic carbocycles. The Kier molecular flexibility index (Phi) is 3.72. The third-order valence-corrected chi connectivity index (χ3v) is 4.13. The first-order chi connectivity index (χ1) is 8.25. The number of hydrogen-bond acceptors (Lipinski definition) is 2. The third kappa shape index (κ3) is 2.19. The summed E-state index contributed by atoms with van der Waals surface area (Å²) in [6.07, 6.45) is 3.86. The van der Waals surface area contributed by atoms with E-state index in [2.05, 4.69) is 30.4 Å². The average molecular weight is 233 g/mol. The summed E-state index contributed by atoms with van der Waals surface area (Å²) in [5.41, 5.74) is 1.67. The van der Waals surface area contributed by atoms with E-state index < -0.39 is 0 Å². The van der Waals surface area contributed by atoms with Gasteiger partial charge in [0.2, 0.25) is 0 Å². The minimum absolute atomic E-state index is 0.294. The van der Waals surface area contributed by atoms with Crippen molar-refractivity contribution in [1.82, 2.24) is 5.32 Å². The molecule has 1 N–H and O–H groups in total. The van der Waals surface area contributed by atoms with Gasteiger partial charge in [-0.3, -0.25) is 0 Å². The van der Waals surface area contributed by atoms with Crippen molar-refractivity contribution in [1.29, 1.82) is 0 Å². The number of methoxy groups -OCH3 is 1. The minimum atomic E-state index is 0.294. The molecule has 17 heavy (non-hydrogen) atoms. The number of rotatable bonds is 5. The minimum Gasteiger partial charge on any atom is -0.496 e. The second-order valence-electron chi connectivity index (χ2n) is 5.19. The molecular formula is C15H23NO. The molecule has 0 amide bonds. The van der Waals surface area contributed by atoms with Gasteiger partial charge in [0.25, 0.3) is 0 Å². The molecule has 2 heteroatoms. The van der Waals surface area contributed by atoms with Crippen LogP contribution in [0.2, 0.25) is 0 Å². The van der Waals surface area contributed by atoms with E-state index in [-0.39, 0.29) is 0 Å². The lowest BCUT2D eigenvalue weighted by Gasteiger charge is -2.48. The molecule has 94 valence electrons. The number of ether oxygens (including phenoxy) is 1. The van der Waals surface area contributed by atoms with E-state index in [1.807, 2.05) is 13.1 Å². The fourth-order valence-electron chi connectivity index (χ4n) is 3.21. The van der Waals surface area contributed by atoms with E-state index in [0.717, 1.165) is 18.2 Å². The molecule has 0 spiro atoms. The van der Waals surface area contributed by atoms with Crippen LogP contribution in [0.5, 0.6) is 5.75 Å². The van der Waals surface area contributed by atoms with Gasteiger partial charge in [0.05, 0.1) is 7.11 Å². The van der Waals surface area contributed by atoms with Gasteiger partial charge < -0.3 is 10.1 Å². The first-order valence-corrected chi connectivity index (χ1v) is 6.54. The molecule has 2 nitrogen and oxygen atoms in total. The smallest absolute Gasteiger partial charge is 0.122 e. The van der Waals surface area contributed by atoms with E-state index in [4.69, 9.17) is 4.74 Å². The van der Waals surface area contributed by atoms with Crippen molar-refractivity contribution in [3.05, 3.63) is 29.8 Å². The highest BCUT2D eigenvalue weighted by Gasteiger charge is 2.45. The Balaban J connectivity index is 2.28. The maximum Gasteiger partial charge on any atom is 0.122 e. The van der Waals surface area contributed by atoms with Crippen LogP contribution in [-0.2, 0) is 5.41 Å². The van der Waals surface area contributed by atoms with Gasteiger partial charge in [-0.15, -0.1) is 0 Å². The quantitative estimate of drug-likeness (QED) is 0.844. The van der Waals surface area contributed by atoms with Crippen LogP contribution in [0.3, 0.4) is 0 Å². The normalized spacial score (nSPS) is 27.6. The SMILES string of the molecule is CCC1CC(CNC)(c2ccccc2OC)C1. The number of nitrogens with one attached hydrogen (secondary N) is 1. The first-order valence-electron chi connectivity index (χ1n) is 6.54. The summed E-state index contributed by atoms with van der Waals surface area (Å²) in [5, 5.41) is 3.35. The number of hydrogen-bond donors (Lipinski definition) is 1. The zero-order chi connectivity index (χ0) is 12.3. The summed E-state index contributed by atoms with van der Waals surface area (Å²) in [7, 11) is 3.80. The maximum absolute atomic E-state index is 5.51. The van der Waals surface area contributed by atoms with Crippen LogP contribution in [0, 0.1) is 5.92 Å². The summed E-state index contributed by atoms with van der Waals surface area (Å²) < 4.78 is 5.51. The number of benzene rings is 1. The van der Waals surface area contributed by atoms with Gasteiger partial charge in [0.1, 0.15) is 5.75 Å².